The summed E-state index contributed by atoms with van der Waals surface area (Å²) in [6, 6.07) is 4.38. The zero-order valence-corrected chi connectivity index (χ0v) is 16.4. The monoisotopic (exact) mass is 384 g/mol. The molecule has 3 N–H and O–H groups in total. The molecule has 5 nitrogen and oxygen atoms in total. The third-order valence-electron chi connectivity index (χ3n) is 5.83. The zero-order valence-electron chi connectivity index (χ0n) is 15.6. The van der Waals surface area contributed by atoms with Crippen LogP contribution in [0.3, 0.4) is 0 Å². The fourth-order valence-corrected chi connectivity index (χ4v) is 5.50. The third-order valence-corrected chi connectivity index (χ3v) is 6.87. The fraction of sp³-hybridized carbons (Fsp3) is 0.524. The van der Waals surface area contributed by atoms with Crippen LogP contribution in [0, 0.1) is 11.3 Å². The Hall–Kier alpha value is -2.10. The molecule has 0 bridgehead atoms. The van der Waals surface area contributed by atoms with E-state index in [2.05, 4.69) is 17.5 Å². The first-order valence-corrected chi connectivity index (χ1v) is 10.8. The van der Waals surface area contributed by atoms with Crippen LogP contribution in [0.1, 0.15) is 61.3 Å². The number of thiophene rings is 1. The maximum atomic E-state index is 12.6. The first-order valence-electron chi connectivity index (χ1n) is 9.92. The lowest BCUT2D eigenvalue weighted by Crippen LogP contribution is -3.10. The van der Waals surface area contributed by atoms with E-state index in [1.165, 1.54) is 44.3 Å². The van der Waals surface area contributed by atoms with Crippen LogP contribution in [0.4, 0.5) is 0 Å². The van der Waals surface area contributed by atoms with Gasteiger partial charge in [-0.3, -0.25) is 4.79 Å². The number of quaternary nitrogens is 1. The van der Waals surface area contributed by atoms with Crippen molar-refractivity contribution >= 4 is 17.1 Å². The average Bonchev–Trinajstić information content (AvgIpc) is 2.95. The Morgan fingerprint density at radius 1 is 1.22 bits per heavy atom. The molecule has 1 aromatic heterocycles. The average molecular weight is 385 g/mol. The summed E-state index contributed by atoms with van der Waals surface area (Å²) in [6.07, 6.45) is 7.31. The molecular weight excluding hydrogens is 358 g/mol. The van der Waals surface area contributed by atoms with E-state index in [1.54, 1.807) is 16.2 Å². The summed E-state index contributed by atoms with van der Waals surface area (Å²) >= 11 is 1.63. The standard InChI is InChI=1S/C21H25N3O2S/c22-11-15-19(20-16(25)6-5-7-17(20)26-21(15)23)18-10-14(13-27-18)12-24-8-3-1-2-4-9-24/h10,13,19H,1-9,12,23H2/p+1/t19-/m1/s1. The number of nitrogens with one attached hydrogen (secondary N) is 1. The molecule has 4 rings (SSSR count). The lowest BCUT2D eigenvalue weighted by molar-refractivity contribution is -0.913. The molecule has 6 heteroatoms. The molecule has 142 valence electrons. The minimum Gasteiger partial charge on any atom is -0.444 e. The highest BCUT2D eigenvalue weighted by molar-refractivity contribution is 7.10. The van der Waals surface area contributed by atoms with Crippen molar-refractivity contribution in [3.63, 3.8) is 0 Å². The van der Waals surface area contributed by atoms with E-state index >= 15 is 0 Å². The molecule has 3 heterocycles. The smallest absolute Gasteiger partial charge is 0.205 e. The maximum absolute atomic E-state index is 12.6. The van der Waals surface area contributed by atoms with Gasteiger partial charge in [0, 0.05) is 28.9 Å². The normalized spacial score (nSPS) is 24.3. The lowest BCUT2D eigenvalue weighted by Gasteiger charge is -2.30. The van der Waals surface area contributed by atoms with Gasteiger partial charge in [-0.1, -0.05) is 0 Å². The third kappa shape index (κ3) is 3.67. The van der Waals surface area contributed by atoms with Gasteiger partial charge < -0.3 is 15.4 Å². The minimum absolute atomic E-state index is 0.0922. The number of hydrogen-bond acceptors (Lipinski definition) is 5. The summed E-state index contributed by atoms with van der Waals surface area (Å²) in [5, 5.41) is 11.8. The number of likely N-dealkylation sites (tertiary alicyclic amines) is 1. The van der Waals surface area contributed by atoms with Crippen LogP contribution >= 0.6 is 11.3 Å². The molecule has 27 heavy (non-hydrogen) atoms. The van der Waals surface area contributed by atoms with E-state index in [0.717, 1.165) is 17.8 Å². The molecule has 0 saturated carbocycles. The summed E-state index contributed by atoms with van der Waals surface area (Å²) in [5.74, 6) is 0.559. The molecular formula is C21H26N3O2S+. The number of hydrogen-bond donors (Lipinski definition) is 2. The fourth-order valence-electron chi connectivity index (χ4n) is 4.47. The Balaban J connectivity index is 1.63. The molecule has 1 saturated heterocycles. The van der Waals surface area contributed by atoms with Crippen LogP contribution in [-0.4, -0.2) is 18.9 Å². The second-order valence-electron chi connectivity index (χ2n) is 7.74. The number of carbonyl (C=O) groups excluding carboxylic acids is 1. The predicted octanol–water partition coefficient (Wildman–Crippen LogP) is 2.52. The predicted molar refractivity (Wildman–Crippen MR) is 104 cm³/mol. The van der Waals surface area contributed by atoms with Crippen LogP contribution in [0.15, 0.2) is 34.2 Å². The molecule has 1 atom stereocenters. The van der Waals surface area contributed by atoms with Gasteiger partial charge in [-0.2, -0.15) is 5.26 Å². The summed E-state index contributed by atoms with van der Waals surface area (Å²) in [7, 11) is 0. The molecule has 0 radical (unpaired) electrons. The second kappa shape index (κ2) is 7.87. The Kier molecular flexibility index (Phi) is 5.33. The first kappa shape index (κ1) is 18.3. The first-order chi connectivity index (χ1) is 13.2. The lowest BCUT2D eigenvalue weighted by atomic mass is 9.80. The Bertz CT molecular complexity index is 838. The van der Waals surface area contributed by atoms with Gasteiger partial charge in [0.25, 0.3) is 0 Å². The number of nitriles is 1. The van der Waals surface area contributed by atoms with Crippen LogP contribution in [-0.2, 0) is 16.1 Å². The molecule has 1 fully saturated rings. The van der Waals surface area contributed by atoms with E-state index in [-0.39, 0.29) is 17.6 Å². The van der Waals surface area contributed by atoms with Gasteiger partial charge in [0.15, 0.2) is 5.78 Å². The van der Waals surface area contributed by atoms with Crippen molar-refractivity contribution in [1.29, 1.82) is 5.26 Å². The van der Waals surface area contributed by atoms with Crippen molar-refractivity contribution in [2.75, 3.05) is 13.1 Å². The van der Waals surface area contributed by atoms with Crippen molar-refractivity contribution < 1.29 is 14.4 Å². The van der Waals surface area contributed by atoms with Crippen molar-refractivity contribution in [1.82, 2.24) is 0 Å². The number of nitrogens with zero attached hydrogens (tertiary/aromatic N) is 1. The molecule has 0 aromatic carbocycles. The molecule has 0 spiro atoms. The summed E-state index contributed by atoms with van der Waals surface area (Å²) in [5.41, 5.74) is 8.35. The van der Waals surface area contributed by atoms with Crippen LogP contribution < -0.4 is 10.6 Å². The van der Waals surface area contributed by atoms with Crippen LogP contribution in [0.2, 0.25) is 0 Å². The minimum atomic E-state index is -0.357. The number of allylic oxidation sites excluding steroid dienone is 3. The number of nitrogens with two attached hydrogens (primary N) is 1. The van der Waals surface area contributed by atoms with Gasteiger partial charge in [0.1, 0.15) is 23.9 Å². The largest absolute Gasteiger partial charge is 0.444 e. The van der Waals surface area contributed by atoms with E-state index in [1.807, 2.05) is 0 Å². The Labute approximate surface area is 164 Å². The zero-order chi connectivity index (χ0) is 18.8. The number of rotatable bonds is 3. The number of carbonyl (C=O) groups is 1. The van der Waals surface area contributed by atoms with E-state index in [9.17, 15) is 10.1 Å². The van der Waals surface area contributed by atoms with Crippen molar-refractivity contribution in [3.05, 3.63) is 44.7 Å². The van der Waals surface area contributed by atoms with Gasteiger partial charge in [-0.25, -0.2) is 0 Å². The van der Waals surface area contributed by atoms with Crippen molar-refractivity contribution in [2.24, 2.45) is 5.73 Å². The van der Waals surface area contributed by atoms with Gasteiger partial charge in [0.05, 0.1) is 19.0 Å². The second-order valence-corrected chi connectivity index (χ2v) is 8.68. The van der Waals surface area contributed by atoms with Crippen LogP contribution in [0.5, 0.6) is 0 Å². The van der Waals surface area contributed by atoms with Crippen LogP contribution in [0.25, 0.3) is 0 Å². The van der Waals surface area contributed by atoms with Gasteiger partial charge in [0.2, 0.25) is 5.88 Å². The molecule has 0 amide bonds. The summed E-state index contributed by atoms with van der Waals surface area (Å²) in [4.78, 5) is 15.3. The topological polar surface area (TPSA) is 80.6 Å². The highest BCUT2D eigenvalue weighted by Crippen LogP contribution is 2.44. The number of Topliss-reactive ketones (excluding diaryl/α,β-unsaturated/α-hetero) is 1. The Morgan fingerprint density at radius 3 is 2.74 bits per heavy atom. The molecule has 0 unspecified atom stereocenters. The molecule has 2 aliphatic heterocycles. The van der Waals surface area contributed by atoms with Gasteiger partial charge in [-0.05, 0) is 43.6 Å². The Morgan fingerprint density at radius 2 is 2.00 bits per heavy atom. The molecule has 1 aromatic rings. The maximum Gasteiger partial charge on any atom is 0.205 e. The summed E-state index contributed by atoms with van der Waals surface area (Å²) < 4.78 is 5.65. The molecule has 1 aliphatic carbocycles. The summed E-state index contributed by atoms with van der Waals surface area (Å²) in [6.45, 7) is 3.47. The highest BCUT2D eigenvalue weighted by Gasteiger charge is 2.38. The highest BCUT2D eigenvalue weighted by atomic mass is 32.1. The van der Waals surface area contributed by atoms with Crippen molar-refractivity contribution in [3.8, 4) is 6.07 Å². The molecule has 3 aliphatic rings. The number of ketones is 1. The van der Waals surface area contributed by atoms with E-state index < -0.39 is 0 Å². The SMILES string of the molecule is N#CC1=C(N)OC2=C(C(=O)CCC2)[C@H]1c1cc(C[NH+]2CCCCCC2)cs1. The van der Waals surface area contributed by atoms with Crippen molar-refractivity contribution in [2.45, 2.75) is 57.4 Å². The van der Waals surface area contributed by atoms with E-state index in [0.29, 0.717) is 29.7 Å². The quantitative estimate of drug-likeness (QED) is 0.839. The van der Waals surface area contributed by atoms with Gasteiger partial charge in [-0.15, -0.1) is 11.3 Å². The number of ether oxygens (including phenoxy) is 1. The van der Waals surface area contributed by atoms with E-state index in [4.69, 9.17) is 10.5 Å². The van der Waals surface area contributed by atoms with Gasteiger partial charge >= 0.3 is 0 Å².